The number of benzene rings is 1. The Hall–Kier alpha value is -1.06. The van der Waals surface area contributed by atoms with Crippen LogP contribution in [0.1, 0.15) is 25.0 Å². The van der Waals surface area contributed by atoms with Gasteiger partial charge in [0.25, 0.3) is 0 Å². The molecule has 0 aromatic heterocycles. The summed E-state index contributed by atoms with van der Waals surface area (Å²) in [6, 6.07) is 6.17. The van der Waals surface area contributed by atoms with Crippen molar-refractivity contribution in [1.29, 1.82) is 0 Å². The highest BCUT2D eigenvalue weighted by Gasteiger charge is 2.04. The molecule has 0 unspecified atom stereocenters. The summed E-state index contributed by atoms with van der Waals surface area (Å²) in [5, 5.41) is 0. The molecule has 2 N–H and O–H groups in total. The third kappa shape index (κ3) is 4.36. The van der Waals surface area contributed by atoms with Crippen molar-refractivity contribution in [2.24, 2.45) is 5.73 Å². The molecule has 3 heteroatoms. The Morgan fingerprint density at radius 3 is 2.53 bits per heavy atom. The van der Waals surface area contributed by atoms with Gasteiger partial charge in [-0.3, -0.25) is 0 Å². The van der Waals surface area contributed by atoms with Crippen molar-refractivity contribution in [1.82, 2.24) is 4.90 Å². The number of hydrogen-bond donors (Lipinski definition) is 1. The van der Waals surface area contributed by atoms with Crippen LogP contribution in [0.5, 0.6) is 5.75 Å². The average molecular weight is 236 g/mol. The largest absolute Gasteiger partial charge is 0.492 e. The second-order valence-electron chi connectivity index (χ2n) is 4.19. The van der Waals surface area contributed by atoms with E-state index >= 15 is 0 Å². The van der Waals surface area contributed by atoms with E-state index < -0.39 is 0 Å². The Balaban J connectivity index is 2.51. The predicted molar refractivity (Wildman–Crippen MR) is 72.4 cm³/mol. The zero-order valence-corrected chi connectivity index (χ0v) is 11.2. The topological polar surface area (TPSA) is 38.5 Å². The van der Waals surface area contributed by atoms with Gasteiger partial charge in [0.2, 0.25) is 0 Å². The van der Waals surface area contributed by atoms with Gasteiger partial charge < -0.3 is 15.4 Å². The monoisotopic (exact) mass is 236 g/mol. The molecule has 0 bridgehead atoms. The molecule has 3 nitrogen and oxygen atoms in total. The van der Waals surface area contributed by atoms with Crippen LogP contribution in [0.25, 0.3) is 0 Å². The fraction of sp³-hybridized carbons (Fsp3) is 0.571. The highest BCUT2D eigenvalue weighted by Crippen LogP contribution is 2.19. The molecule has 17 heavy (non-hydrogen) atoms. The van der Waals surface area contributed by atoms with Crippen LogP contribution in [0.2, 0.25) is 0 Å². The minimum absolute atomic E-state index is 0.530. The van der Waals surface area contributed by atoms with Gasteiger partial charge in [-0.25, -0.2) is 0 Å². The lowest BCUT2D eigenvalue weighted by molar-refractivity contribution is 0.221. The van der Waals surface area contributed by atoms with Crippen LogP contribution in [-0.2, 0) is 6.54 Å². The summed E-state index contributed by atoms with van der Waals surface area (Å²) in [5.41, 5.74) is 8.02. The number of nitrogens with two attached hydrogens (primary N) is 1. The lowest BCUT2D eigenvalue weighted by Gasteiger charge is -2.19. The van der Waals surface area contributed by atoms with Crippen LogP contribution in [0.15, 0.2) is 18.2 Å². The van der Waals surface area contributed by atoms with E-state index in [0.717, 1.165) is 37.6 Å². The van der Waals surface area contributed by atoms with E-state index in [0.29, 0.717) is 6.54 Å². The Labute approximate surface area is 105 Å². The van der Waals surface area contributed by atoms with Crippen molar-refractivity contribution in [3.8, 4) is 5.75 Å². The van der Waals surface area contributed by atoms with Gasteiger partial charge in [0, 0.05) is 18.7 Å². The summed E-state index contributed by atoms with van der Waals surface area (Å²) in [5.74, 6) is 0.922. The zero-order chi connectivity index (χ0) is 12.7. The maximum atomic E-state index is 5.80. The van der Waals surface area contributed by atoms with E-state index in [2.05, 4.69) is 37.8 Å². The molecule has 0 saturated heterocycles. The Morgan fingerprint density at radius 2 is 1.94 bits per heavy atom. The molecule has 0 amide bonds. The first-order chi connectivity index (χ1) is 8.21. The molecule has 0 heterocycles. The lowest BCUT2D eigenvalue weighted by Crippen LogP contribution is -2.28. The first-order valence-corrected chi connectivity index (χ1v) is 6.36. The molecular formula is C14H24N2O. The van der Waals surface area contributed by atoms with Gasteiger partial charge in [0.15, 0.2) is 0 Å². The summed E-state index contributed by atoms with van der Waals surface area (Å²) >= 11 is 0. The summed E-state index contributed by atoms with van der Waals surface area (Å²) in [7, 11) is 0. The van der Waals surface area contributed by atoms with Gasteiger partial charge >= 0.3 is 0 Å². The quantitative estimate of drug-likeness (QED) is 0.788. The maximum absolute atomic E-state index is 5.80. The maximum Gasteiger partial charge on any atom is 0.123 e. The van der Waals surface area contributed by atoms with Crippen molar-refractivity contribution in [3.05, 3.63) is 29.3 Å². The molecule has 1 aromatic rings. The molecular weight excluding hydrogens is 212 g/mol. The molecule has 0 aliphatic carbocycles. The average Bonchev–Trinajstić information content (AvgIpc) is 2.36. The second-order valence-corrected chi connectivity index (χ2v) is 4.19. The van der Waals surface area contributed by atoms with Crippen molar-refractivity contribution < 1.29 is 4.74 Å². The molecule has 1 aromatic carbocycles. The number of likely N-dealkylation sites (N-methyl/N-ethyl adjacent to an activating group) is 1. The molecule has 0 radical (unpaired) electrons. The van der Waals surface area contributed by atoms with E-state index in [1.807, 2.05) is 6.07 Å². The predicted octanol–water partition coefficient (Wildman–Crippen LogP) is 2.17. The van der Waals surface area contributed by atoms with Crippen LogP contribution >= 0.6 is 0 Å². The van der Waals surface area contributed by atoms with Crippen LogP contribution < -0.4 is 10.5 Å². The van der Waals surface area contributed by atoms with Crippen molar-refractivity contribution in [3.63, 3.8) is 0 Å². The lowest BCUT2D eigenvalue weighted by atomic mass is 10.1. The Bertz CT molecular complexity index is 335. The van der Waals surface area contributed by atoms with E-state index in [-0.39, 0.29) is 0 Å². The second kappa shape index (κ2) is 7.30. The Morgan fingerprint density at radius 1 is 1.24 bits per heavy atom. The Kier molecular flexibility index (Phi) is 6.01. The highest BCUT2D eigenvalue weighted by atomic mass is 16.5. The van der Waals surface area contributed by atoms with Crippen molar-refractivity contribution in [2.75, 3.05) is 26.2 Å². The number of ether oxygens (including phenoxy) is 1. The normalized spacial score (nSPS) is 10.9. The minimum atomic E-state index is 0.530. The summed E-state index contributed by atoms with van der Waals surface area (Å²) in [4.78, 5) is 2.34. The number of aryl methyl sites for hydroxylation is 1. The smallest absolute Gasteiger partial charge is 0.123 e. The van der Waals surface area contributed by atoms with E-state index in [9.17, 15) is 0 Å². The van der Waals surface area contributed by atoms with Crippen LogP contribution in [-0.4, -0.2) is 31.1 Å². The summed E-state index contributed by atoms with van der Waals surface area (Å²) in [6.45, 7) is 10.8. The van der Waals surface area contributed by atoms with Gasteiger partial charge in [-0.1, -0.05) is 31.5 Å². The standard InChI is InChI=1S/C14H24N2O/c1-4-16(5-2)8-9-17-14-7-6-12(3)10-13(14)11-15/h6-7,10H,4-5,8-9,11,15H2,1-3H3. The fourth-order valence-corrected chi connectivity index (χ4v) is 1.83. The van der Waals surface area contributed by atoms with Gasteiger partial charge in [-0.2, -0.15) is 0 Å². The SMILES string of the molecule is CCN(CC)CCOc1ccc(C)cc1CN. The van der Waals surface area contributed by atoms with Gasteiger partial charge in [0.1, 0.15) is 12.4 Å². The molecule has 96 valence electrons. The van der Waals surface area contributed by atoms with Crippen molar-refractivity contribution in [2.45, 2.75) is 27.3 Å². The third-order valence-corrected chi connectivity index (χ3v) is 3.00. The molecule has 0 atom stereocenters. The zero-order valence-electron chi connectivity index (χ0n) is 11.2. The minimum Gasteiger partial charge on any atom is -0.492 e. The first kappa shape index (κ1) is 14.0. The van der Waals surface area contributed by atoms with Gasteiger partial charge in [0.05, 0.1) is 0 Å². The molecule has 0 aliphatic rings. The van der Waals surface area contributed by atoms with Gasteiger partial charge in [-0.05, 0) is 26.1 Å². The summed E-state index contributed by atoms with van der Waals surface area (Å²) < 4.78 is 5.80. The number of rotatable bonds is 7. The van der Waals surface area contributed by atoms with Crippen molar-refractivity contribution >= 4 is 0 Å². The van der Waals surface area contributed by atoms with Crippen LogP contribution in [0, 0.1) is 6.92 Å². The van der Waals surface area contributed by atoms with E-state index in [1.165, 1.54) is 5.56 Å². The van der Waals surface area contributed by atoms with Crippen LogP contribution in [0.4, 0.5) is 0 Å². The highest BCUT2D eigenvalue weighted by molar-refractivity contribution is 5.36. The molecule has 0 spiro atoms. The van der Waals surface area contributed by atoms with Gasteiger partial charge in [-0.15, -0.1) is 0 Å². The number of nitrogens with zero attached hydrogens (tertiary/aromatic N) is 1. The molecule has 0 fully saturated rings. The third-order valence-electron chi connectivity index (χ3n) is 3.00. The summed E-state index contributed by atoms with van der Waals surface area (Å²) in [6.07, 6.45) is 0. The fourth-order valence-electron chi connectivity index (χ4n) is 1.83. The molecule has 0 aliphatic heterocycles. The van der Waals surface area contributed by atoms with E-state index in [4.69, 9.17) is 10.5 Å². The van der Waals surface area contributed by atoms with Crippen LogP contribution in [0.3, 0.4) is 0 Å². The first-order valence-electron chi connectivity index (χ1n) is 6.36. The molecule has 1 rings (SSSR count). The molecule has 0 saturated carbocycles. The number of hydrogen-bond acceptors (Lipinski definition) is 3. The van der Waals surface area contributed by atoms with E-state index in [1.54, 1.807) is 0 Å².